The van der Waals surface area contributed by atoms with Crippen LogP contribution in [0.25, 0.3) is 33.2 Å². The van der Waals surface area contributed by atoms with Gasteiger partial charge in [0.2, 0.25) is 0 Å². The van der Waals surface area contributed by atoms with Crippen LogP contribution in [0.3, 0.4) is 0 Å². The second-order valence-electron chi connectivity index (χ2n) is 5.15. The summed E-state index contributed by atoms with van der Waals surface area (Å²) in [5.74, 6) is 0.600. The summed E-state index contributed by atoms with van der Waals surface area (Å²) in [6, 6.07) is 15.4. The summed E-state index contributed by atoms with van der Waals surface area (Å²) in [5, 5.41) is 1.67. The lowest BCUT2D eigenvalue weighted by molar-refractivity contribution is 1.18. The number of aromatic amines is 2. The van der Waals surface area contributed by atoms with Crippen LogP contribution in [0.4, 0.5) is 0 Å². The number of hydrogen-bond donors (Lipinski definition) is 2. The van der Waals surface area contributed by atoms with Crippen molar-refractivity contribution < 1.29 is 0 Å². The van der Waals surface area contributed by atoms with E-state index >= 15 is 0 Å². The van der Waals surface area contributed by atoms with Crippen molar-refractivity contribution in [2.24, 2.45) is 0 Å². The van der Waals surface area contributed by atoms with Crippen LogP contribution in [0.2, 0.25) is 0 Å². The first-order valence-electron chi connectivity index (χ1n) is 6.80. The zero-order chi connectivity index (χ0) is 14.4. The highest BCUT2D eigenvalue weighted by molar-refractivity contribution is 5.94. The fourth-order valence-electron chi connectivity index (χ4n) is 2.72. The second-order valence-corrected chi connectivity index (χ2v) is 5.15. The van der Waals surface area contributed by atoms with E-state index in [1.807, 2.05) is 43.3 Å². The number of hydrogen-bond acceptors (Lipinski definition) is 2. The number of H-pyrrole nitrogens is 2. The zero-order valence-corrected chi connectivity index (χ0v) is 11.5. The summed E-state index contributed by atoms with van der Waals surface area (Å²) in [7, 11) is 0. The molecular formula is C17H13N3O. The molecule has 0 spiro atoms. The van der Waals surface area contributed by atoms with Crippen LogP contribution in [0.1, 0.15) is 5.69 Å². The van der Waals surface area contributed by atoms with E-state index in [-0.39, 0.29) is 5.56 Å². The minimum absolute atomic E-state index is 0.111. The van der Waals surface area contributed by atoms with Gasteiger partial charge >= 0.3 is 0 Å². The number of fused-ring (bicyclic) bond motifs is 2. The molecule has 2 aromatic heterocycles. The Bertz CT molecular complexity index is 1030. The van der Waals surface area contributed by atoms with Gasteiger partial charge in [-0.25, -0.2) is 4.98 Å². The summed E-state index contributed by atoms with van der Waals surface area (Å²) in [5.41, 5.74) is 3.65. The quantitative estimate of drug-likeness (QED) is 0.559. The molecule has 0 radical (unpaired) electrons. The van der Waals surface area contributed by atoms with E-state index in [0.29, 0.717) is 16.7 Å². The molecule has 4 aromatic rings. The Labute approximate surface area is 120 Å². The van der Waals surface area contributed by atoms with Crippen molar-refractivity contribution >= 4 is 21.8 Å². The van der Waals surface area contributed by atoms with Crippen LogP contribution in [0.5, 0.6) is 0 Å². The number of aromatic nitrogens is 3. The highest BCUT2D eigenvalue weighted by atomic mass is 16.1. The third kappa shape index (κ3) is 1.84. The number of nitrogens with zero attached hydrogens (tertiary/aromatic N) is 1. The normalized spacial score (nSPS) is 11.3. The van der Waals surface area contributed by atoms with Gasteiger partial charge in [0.05, 0.1) is 10.9 Å². The Hall–Kier alpha value is -2.88. The van der Waals surface area contributed by atoms with Gasteiger partial charge in [-0.3, -0.25) is 4.79 Å². The van der Waals surface area contributed by atoms with Crippen LogP contribution in [0, 0.1) is 6.92 Å². The smallest absolute Gasteiger partial charge is 0.259 e. The Morgan fingerprint density at radius 1 is 0.952 bits per heavy atom. The molecule has 0 bridgehead atoms. The van der Waals surface area contributed by atoms with Crippen LogP contribution in [0.15, 0.2) is 53.3 Å². The molecule has 2 N–H and O–H groups in total. The molecule has 2 heterocycles. The molecule has 0 fully saturated rings. The van der Waals surface area contributed by atoms with Crippen molar-refractivity contribution in [2.75, 3.05) is 0 Å². The highest BCUT2D eigenvalue weighted by Crippen LogP contribution is 2.26. The topological polar surface area (TPSA) is 61.5 Å². The summed E-state index contributed by atoms with van der Waals surface area (Å²) in [4.78, 5) is 23.0. The lowest BCUT2D eigenvalue weighted by Gasteiger charge is -2.04. The van der Waals surface area contributed by atoms with E-state index in [4.69, 9.17) is 0 Å². The fraction of sp³-hybridized carbons (Fsp3) is 0.0588. The second kappa shape index (κ2) is 4.31. The molecule has 2 aromatic carbocycles. The maximum atomic E-state index is 12.2. The van der Waals surface area contributed by atoms with E-state index in [1.165, 1.54) is 0 Å². The third-order valence-electron chi connectivity index (χ3n) is 3.67. The summed E-state index contributed by atoms with van der Waals surface area (Å²) >= 11 is 0. The van der Waals surface area contributed by atoms with E-state index in [0.717, 1.165) is 22.2 Å². The number of benzene rings is 2. The molecule has 4 heteroatoms. The van der Waals surface area contributed by atoms with Gasteiger partial charge in [-0.05, 0) is 31.2 Å². The molecule has 0 unspecified atom stereocenters. The number of aryl methyl sites for hydroxylation is 1. The SMILES string of the molecule is Cc1cc2c(-c3nc4ccccc4c(=O)[nH]3)cccc2[nH]1. The Kier molecular flexibility index (Phi) is 2.44. The fourth-order valence-corrected chi connectivity index (χ4v) is 2.72. The first-order chi connectivity index (χ1) is 10.2. The van der Waals surface area contributed by atoms with Crippen LogP contribution >= 0.6 is 0 Å². The Balaban J connectivity index is 2.07. The predicted octanol–water partition coefficient (Wildman–Crippen LogP) is 3.38. The third-order valence-corrected chi connectivity index (χ3v) is 3.67. The van der Waals surface area contributed by atoms with E-state index < -0.39 is 0 Å². The van der Waals surface area contributed by atoms with Crippen molar-refractivity contribution in [1.29, 1.82) is 0 Å². The minimum atomic E-state index is -0.111. The molecule has 4 nitrogen and oxygen atoms in total. The standard InChI is InChI=1S/C17H13N3O/c1-10-9-13-11(6-4-8-15(13)18-10)16-19-14-7-3-2-5-12(14)17(21)20-16/h2-9,18H,1H3,(H,19,20,21). The number of rotatable bonds is 1. The molecule has 0 amide bonds. The molecule has 0 aliphatic carbocycles. The van der Waals surface area contributed by atoms with Crippen LogP contribution in [-0.2, 0) is 0 Å². The molecule has 0 saturated carbocycles. The molecular weight excluding hydrogens is 262 g/mol. The lowest BCUT2D eigenvalue weighted by Crippen LogP contribution is -2.09. The first-order valence-corrected chi connectivity index (χ1v) is 6.80. The highest BCUT2D eigenvalue weighted by Gasteiger charge is 2.10. The number of nitrogens with one attached hydrogen (secondary N) is 2. The predicted molar refractivity (Wildman–Crippen MR) is 84.4 cm³/mol. The maximum absolute atomic E-state index is 12.2. The van der Waals surface area contributed by atoms with Gasteiger partial charge in [-0.2, -0.15) is 0 Å². The van der Waals surface area contributed by atoms with Crippen molar-refractivity contribution in [1.82, 2.24) is 15.0 Å². The van der Waals surface area contributed by atoms with Crippen molar-refractivity contribution in [3.63, 3.8) is 0 Å². The molecule has 0 aliphatic rings. The minimum Gasteiger partial charge on any atom is -0.359 e. The molecule has 0 aliphatic heterocycles. The summed E-state index contributed by atoms with van der Waals surface area (Å²) in [6.07, 6.45) is 0. The van der Waals surface area contributed by atoms with Crippen molar-refractivity contribution in [2.45, 2.75) is 6.92 Å². The average molecular weight is 275 g/mol. The van der Waals surface area contributed by atoms with Gasteiger partial charge in [0.1, 0.15) is 5.82 Å². The van der Waals surface area contributed by atoms with Crippen molar-refractivity contribution in [3.05, 3.63) is 64.6 Å². The van der Waals surface area contributed by atoms with E-state index in [9.17, 15) is 4.79 Å². The first kappa shape index (κ1) is 11.9. The van der Waals surface area contributed by atoms with Gasteiger partial charge in [0.25, 0.3) is 5.56 Å². The van der Waals surface area contributed by atoms with E-state index in [1.54, 1.807) is 6.07 Å². The number of para-hydroxylation sites is 1. The monoisotopic (exact) mass is 275 g/mol. The Morgan fingerprint density at radius 2 is 1.81 bits per heavy atom. The molecule has 0 saturated heterocycles. The van der Waals surface area contributed by atoms with Gasteiger partial charge in [-0.15, -0.1) is 0 Å². The van der Waals surface area contributed by atoms with Crippen LogP contribution < -0.4 is 5.56 Å². The van der Waals surface area contributed by atoms with Crippen LogP contribution in [-0.4, -0.2) is 15.0 Å². The Morgan fingerprint density at radius 3 is 2.71 bits per heavy atom. The van der Waals surface area contributed by atoms with Gasteiger partial charge in [0, 0.05) is 22.2 Å². The summed E-state index contributed by atoms with van der Waals surface area (Å²) in [6.45, 7) is 2.01. The molecule has 0 atom stereocenters. The average Bonchev–Trinajstić information content (AvgIpc) is 2.87. The van der Waals surface area contributed by atoms with Gasteiger partial charge in [-0.1, -0.05) is 24.3 Å². The van der Waals surface area contributed by atoms with Crippen molar-refractivity contribution in [3.8, 4) is 11.4 Å². The van der Waals surface area contributed by atoms with E-state index in [2.05, 4.69) is 21.0 Å². The van der Waals surface area contributed by atoms with Gasteiger partial charge in [0.15, 0.2) is 0 Å². The maximum Gasteiger partial charge on any atom is 0.259 e. The molecule has 102 valence electrons. The zero-order valence-electron chi connectivity index (χ0n) is 11.5. The molecule has 21 heavy (non-hydrogen) atoms. The lowest BCUT2D eigenvalue weighted by atomic mass is 10.1. The largest absolute Gasteiger partial charge is 0.359 e. The summed E-state index contributed by atoms with van der Waals surface area (Å²) < 4.78 is 0. The molecule has 4 rings (SSSR count). The van der Waals surface area contributed by atoms with Gasteiger partial charge < -0.3 is 9.97 Å².